The Kier molecular flexibility index (Phi) is 5.75. The van der Waals surface area contributed by atoms with Crippen molar-refractivity contribution in [2.75, 3.05) is 46.5 Å². The molecule has 1 N–H and O–H groups in total. The lowest BCUT2D eigenvalue weighted by molar-refractivity contribution is 0.117. The molecule has 5 nitrogen and oxygen atoms in total. The van der Waals surface area contributed by atoms with Crippen LogP contribution in [0.15, 0.2) is 18.2 Å². The number of piperidine rings is 1. The number of likely N-dealkylation sites (tertiary alicyclic amines) is 1. The molecule has 2 aliphatic rings. The van der Waals surface area contributed by atoms with Crippen molar-refractivity contribution in [3.63, 3.8) is 0 Å². The Morgan fingerprint density at radius 3 is 2.65 bits per heavy atom. The molecule has 5 heteroatoms. The highest BCUT2D eigenvalue weighted by molar-refractivity contribution is 5.43. The van der Waals surface area contributed by atoms with Crippen LogP contribution in [0.3, 0.4) is 0 Å². The molecule has 1 aromatic rings. The Balaban J connectivity index is 1.49. The van der Waals surface area contributed by atoms with Crippen LogP contribution in [0.2, 0.25) is 0 Å². The number of ether oxygens (including phenoxy) is 2. The molecule has 0 atom stereocenters. The number of fused-ring (bicyclic) bond motifs is 1. The monoisotopic (exact) mass is 320 g/mol. The van der Waals surface area contributed by atoms with Crippen LogP contribution < -0.4 is 9.47 Å². The predicted molar refractivity (Wildman–Crippen MR) is 90.1 cm³/mol. The minimum atomic E-state index is 0.285. The van der Waals surface area contributed by atoms with Crippen molar-refractivity contribution >= 4 is 0 Å². The summed E-state index contributed by atoms with van der Waals surface area (Å²) in [5, 5.41) is 8.95. The summed E-state index contributed by atoms with van der Waals surface area (Å²) in [6, 6.07) is 6.94. The summed E-state index contributed by atoms with van der Waals surface area (Å²) in [6.45, 7) is 5.79. The number of nitrogens with zero attached hydrogens (tertiary/aromatic N) is 2. The van der Waals surface area contributed by atoms with Gasteiger partial charge in [0.2, 0.25) is 0 Å². The molecule has 2 aliphatic heterocycles. The van der Waals surface area contributed by atoms with Gasteiger partial charge in [-0.05, 0) is 57.1 Å². The maximum atomic E-state index is 8.95. The first-order valence-electron chi connectivity index (χ1n) is 8.68. The van der Waals surface area contributed by atoms with Crippen LogP contribution in [0, 0.1) is 0 Å². The molecule has 1 saturated heterocycles. The van der Waals surface area contributed by atoms with Crippen molar-refractivity contribution in [2.45, 2.75) is 31.8 Å². The van der Waals surface area contributed by atoms with E-state index in [1.165, 1.54) is 18.4 Å². The number of aliphatic hydroxyl groups is 1. The number of aliphatic hydroxyl groups excluding tert-OH is 1. The molecule has 0 radical (unpaired) electrons. The molecule has 128 valence electrons. The minimum Gasteiger partial charge on any atom is -0.486 e. The molecule has 1 aromatic carbocycles. The predicted octanol–water partition coefficient (Wildman–Crippen LogP) is 1.74. The molecule has 0 bridgehead atoms. The summed E-state index contributed by atoms with van der Waals surface area (Å²) in [5.74, 6) is 1.75. The summed E-state index contributed by atoms with van der Waals surface area (Å²) in [7, 11) is 2.18. The Morgan fingerprint density at radius 2 is 1.91 bits per heavy atom. The van der Waals surface area contributed by atoms with Crippen LogP contribution in [-0.2, 0) is 6.54 Å². The molecule has 0 spiro atoms. The zero-order chi connectivity index (χ0) is 16.1. The minimum absolute atomic E-state index is 0.285. The average molecular weight is 320 g/mol. The van der Waals surface area contributed by atoms with Gasteiger partial charge in [0.25, 0.3) is 0 Å². The average Bonchev–Trinajstić information content (AvgIpc) is 2.60. The summed E-state index contributed by atoms with van der Waals surface area (Å²) in [6.07, 6.45) is 3.27. The number of benzene rings is 1. The fourth-order valence-corrected chi connectivity index (χ4v) is 3.47. The van der Waals surface area contributed by atoms with Gasteiger partial charge in [-0.2, -0.15) is 0 Å². The Hall–Kier alpha value is -1.30. The summed E-state index contributed by atoms with van der Waals surface area (Å²) in [4.78, 5) is 4.92. The first-order valence-corrected chi connectivity index (χ1v) is 8.68. The smallest absolute Gasteiger partial charge is 0.161 e. The van der Waals surface area contributed by atoms with Gasteiger partial charge in [0.1, 0.15) is 13.2 Å². The van der Waals surface area contributed by atoms with Crippen molar-refractivity contribution in [2.24, 2.45) is 0 Å². The van der Waals surface area contributed by atoms with E-state index >= 15 is 0 Å². The third kappa shape index (κ3) is 4.37. The van der Waals surface area contributed by atoms with E-state index in [0.717, 1.165) is 44.1 Å². The van der Waals surface area contributed by atoms with E-state index in [2.05, 4.69) is 29.0 Å². The highest BCUT2D eigenvalue weighted by atomic mass is 16.6. The third-order valence-corrected chi connectivity index (χ3v) is 4.86. The van der Waals surface area contributed by atoms with Gasteiger partial charge in [0.05, 0.1) is 0 Å². The Labute approximate surface area is 138 Å². The molecule has 0 aliphatic carbocycles. The zero-order valence-electron chi connectivity index (χ0n) is 14.0. The van der Waals surface area contributed by atoms with Gasteiger partial charge in [-0.15, -0.1) is 0 Å². The van der Waals surface area contributed by atoms with Gasteiger partial charge >= 0.3 is 0 Å². The van der Waals surface area contributed by atoms with E-state index in [4.69, 9.17) is 14.6 Å². The van der Waals surface area contributed by atoms with Crippen molar-refractivity contribution in [3.8, 4) is 11.5 Å². The molecule has 23 heavy (non-hydrogen) atoms. The van der Waals surface area contributed by atoms with Crippen LogP contribution in [0.25, 0.3) is 0 Å². The lowest BCUT2D eigenvalue weighted by atomic mass is 10.0. The standard InChI is InChI=1S/C18H28N2O3/c1-19(7-2-10-21)16-5-8-20(9-6-16)14-15-3-4-17-18(13-15)23-12-11-22-17/h3-4,13,16,21H,2,5-12,14H2,1H3. The lowest BCUT2D eigenvalue weighted by Crippen LogP contribution is -2.43. The summed E-state index contributed by atoms with van der Waals surface area (Å²) >= 11 is 0. The molecule has 0 unspecified atom stereocenters. The quantitative estimate of drug-likeness (QED) is 0.865. The second-order valence-corrected chi connectivity index (χ2v) is 6.54. The van der Waals surface area contributed by atoms with Gasteiger partial charge in [-0.3, -0.25) is 4.90 Å². The third-order valence-electron chi connectivity index (χ3n) is 4.86. The van der Waals surface area contributed by atoms with Gasteiger partial charge in [0, 0.05) is 25.7 Å². The Bertz CT molecular complexity index is 501. The molecular formula is C18H28N2O3. The van der Waals surface area contributed by atoms with Crippen molar-refractivity contribution in [1.82, 2.24) is 9.80 Å². The summed E-state index contributed by atoms with van der Waals surface area (Å²) < 4.78 is 11.2. The van der Waals surface area contributed by atoms with Gasteiger partial charge in [-0.25, -0.2) is 0 Å². The molecule has 0 aromatic heterocycles. The molecule has 2 heterocycles. The Morgan fingerprint density at radius 1 is 1.17 bits per heavy atom. The highest BCUT2D eigenvalue weighted by Gasteiger charge is 2.22. The van der Waals surface area contributed by atoms with E-state index in [-0.39, 0.29) is 6.61 Å². The van der Waals surface area contributed by atoms with Crippen molar-refractivity contribution in [1.29, 1.82) is 0 Å². The number of rotatable bonds is 6. The van der Waals surface area contributed by atoms with E-state index in [1.54, 1.807) is 0 Å². The van der Waals surface area contributed by atoms with Crippen LogP contribution >= 0.6 is 0 Å². The van der Waals surface area contributed by atoms with Crippen molar-refractivity contribution in [3.05, 3.63) is 23.8 Å². The maximum absolute atomic E-state index is 8.95. The van der Waals surface area contributed by atoms with Crippen LogP contribution in [0.1, 0.15) is 24.8 Å². The first-order chi connectivity index (χ1) is 11.3. The fourth-order valence-electron chi connectivity index (χ4n) is 3.47. The number of hydrogen-bond acceptors (Lipinski definition) is 5. The van der Waals surface area contributed by atoms with Crippen LogP contribution in [0.4, 0.5) is 0 Å². The van der Waals surface area contributed by atoms with E-state index < -0.39 is 0 Å². The molecule has 3 rings (SSSR count). The second kappa shape index (κ2) is 7.99. The fraction of sp³-hybridized carbons (Fsp3) is 0.667. The molecule has 1 fully saturated rings. The molecular weight excluding hydrogens is 292 g/mol. The zero-order valence-corrected chi connectivity index (χ0v) is 14.0. The molecule has 0 saturated carbocycles. The first kappa shape index (κ1) is 16.6. The van der Waals surface area contributed by atoms with Crippen molar-refractivity contribution < 1.29 is 14.6 Å². The van der Waals surface area contributed by atoms with Gasteiger partial charge < -0.3 is 19.5 Å². The normalized spacial score (nSPS) is 19.3. The van der Waals surface area contributed by atoms with Crippen LogP contribution in [0.5, 0.6) is 11.5 Å². The highest BCUT2D eigenvalue weighted by Crippen LogP contribution is 2.31. The lowest BCUT2D eigenvalue weighted by Gasteiger charge is -2.36. The SMILES string of the molecule is CN(CCCO)C1CCN(Cc2ccc3c(c2)OCCO3)CC1. The molecule has 0 amide bonds. The van der Waals surface area contributed by atoms with Gasteiger partial charge in [0.15, 0.2) is 11.5 Å². The topological polar surface area (TPSA) is 45.2 Å². The second-order valence-electron chi connectivity index (χ2n) is 6.54. The van der Waals surface area contributed by atoms with Gasteiger partial charge in [-0.1, -0.05) is 6.07 Å². The largest absolute Gasteiger partial charge is 0.486 e. The summed E-state index contributed by atoms with van der Waals surface area (Å²) in [5.41, 5.74) is 1.29. The van der Waals surface area contributed by atoms with Crippen LogP contribution in [-0.4, -0.2) is 67.5 Å². The van der Waals surface area contributed by atoms with E-state index in [9.17, 15) is 0 Å². The van der Waals surface area contributed by atoms with E-state index in [0.29, 0.717) is 19.3 Å². The van der Waals surface area contributed by atoms with E-state index in [1.807, 2.05) is 6.07 Å². The number of hydrogen-bond donors (Lipinski definition) is 1. The maximum Gasteiger partial charge on any atom is 0.161 e.